The molecule has 0 aliphatic rings. The van der Waals surface area contributed by atoms with E-state index in [2.05, 4.69) is 5.32 Å². The molecule has 0 heterocycles. The van der Waals surface area contributed by atoms with Gasteiger partial charge in [0.1, 0.15) is 12.1 Å². The second-order valence-corrected chi connectivity index (χ2v) is 12.6. The minimum Gasteiger partial charge on any atom is -0.453 e. The van der Waals surface area contributed by atoms with Gasteiger partial charge in [0.15, 0.2) is 0 Å². The Morgan fingerprint density at radius 3 is 1.87 bits per heavy atom. The smallest absolute Gasteiger partial charge is 0.407 e. The van der Waals surface area contributed by atoms with Crippen molar-refractivity contribution in [3.63, 3.8) is 0 Å². The minimum absolute atomic E-state index is 0.251. The molecule has 46 heavy (non-hydrogen) atoms. The van der Waals surface area contributed by atoms with Crippen molar-refractivity contribution in [2.45, 2.75) is 61.6 Å². The van der Waals surface area contributed by atoms with Gasteiger partial charge in [0, 0.05) is 30.5 Å². The van der Waals surface area contributed by atoms with Gasteiger partial charge in [0.2, 0.25) is 10.0 Å². The normalized spacial score (nSPS) is 13.3. The van der Waals surface area contributed by atoms with E-state index in [4.69, 9.17) is 20.9 Å². The molecule has 11 nitrogen and oxygen atoms in total. The molecule has 0 radical (unpaired) electrons. The molecule has 3 rings (SSSR count). The molecular formula is C32H38F2N4O7S. The minimum atomic E-state index is -4.62. The van der Waals surface area contributed by atoms with Crippen LogP contribution in [-0.2, 0) is 29.1 Å². The van der Waals surface area contributed by atoms with Gasteiger partial charge in [-0.2, -0.15) is 4.31 Å². The van der Waals surface area contributed by atoms with Gasteiger partial charge in [-0.25, -0.2) is 31.6 Å². The van der Waals surface area contributed by atoms with Gasteiger partial charge in [-0.15, -0.1) is 0 Å². The Kier molecular flexibility index (Phi) is 12.3. The number of halogens is 2. The lowest BCUT2D eigenvalue weighted by Gasteiger charge is -2.34. The molecule has 3 aromatic rings. The number of sulfonamides is 1. The fourth-order valence-corrected chi connectivity index (χ4v) is 6.81. The number of amides is 1. The van der Waals surface area contributed by atoms with Gasteiger partial charge in [0.05, 0.1) is 12.0 Å². The Hall–Kier alpha value is -4.40. The first-order chi connectivity index (χ1) is 21.7. The van der Waals surface area contributed by atoms with E-state index >= 15 is 8.78 Å². The van der Waals surface area contributed by atoms with Gasteiger partial charge in [-0.3, -0.25) is 0 Å². The molecule has 0 fully saturated rings. The van der Waals surface area contributed by atoms with Crippen LogP contribution in [0, 0.1) is 0 Å². The average Bonchev–Trinajstić information content (AvgIpc) is 3.01. The van der Waals surface area contributed by atoms with Crippen LogP contribution in [0.5, 0.6) is 0 Å². The van der Waals surface area contributed by atoms with Gasteiger partial charge >= 0.3 is 18.0 Å². The standard InChI is InChI=1S/C32H38F2N4O7S/c1-21(2)38(46(42,43)25-16-14-24(36)15-17-25)26(20-32(33,34)18-19-35)29(39)45-30(40)28(37-31(41)44-3)27(22-10-6-4-7-11-22)23-12-8-5-9-13-23/h4-17,21,26-28H,18-20,35-36H2,1-3H3,(H,37,41)/t26-,28-/m0/s1. The predicted octanol–water partition coefficient (Wildman–Crippen LogP) is 4.04. The maximum absolute atomic E-state index is 15.1. The largest absolute Gasteiger partial charge is 0.453 e. The lowest BCUT2D eigenvalue weighted by Crippen LogP contribution is -2.53. The van der Waals surface area contributed by atoms with Gasteiger partial charge in [0.25, 0.3) is 5.92 Å². The third-order valence-corrected chi connectivity index (χ3v) is 9.21. The fourth-order valence-electron chi connectivity index (χ4n) is 5.03. The zero-order valence-corrected chi connectivity index (χ0v) is 26.5. The number of nitrogens with zero attached hydrogens (tertiary/aromatic N) is 1. The Bertz CT molecular complexity index is 1540. The van der Waals surface area contributed by atoms with Crippen LogP contribution in [0.25, 0.3) is 0 Å². The average molecular weight is 661 g/mol. The highest BCUT2D eigenvalue weighted by atomic mass is 32.2. The highest BCUT2D eigenvalue weighted by Gasteiger charge is 2.46. The number of esters is 2. The molecular weight excluding hydrogens is 622 g/mol. The van der Waals surface area contributed by atoms with Crippen LogP contribution in [0.2, 0.25) is 0 Å². The summed E-state index contributed by atoms with van der Waals surface area (Å²) in [6.45, 7) is 2.32. The summed E-state index contributed by atoms with van der Waals surface area (Å²) in [6, 6.07) is 17.2. The van der Waals surface area contributed by atoms with Crippen molar-refractivity contribution >= 4 is 33.7 Å². The summed E-state index contributed by atoms with van der Waals surface area (Å²) >= 11 is 0. The molecule has 0 saturated carbocycles. The number of nitrogens with one attached hydrogen (secondary N) is 1. The number of carbonyl (C=O) groups excluding carboxylic acids is 3. The van der Waals surface area contributed by atoms with Gasteiger partial charge < -0.3 is 26.3 Å². The number of anilines is 1. The predicted molar refractivity (Wildman–Crippen MR) is 167 cm³/mol. The summed E-state index contributed by atoms with van der Waals surface area (Å²) in [5.41, 5.74) is 12.4. The molecule has 0 unspecified atom stereocenters. The topological polar surface area (TPSA) is 171 Å². The number of nitrogens with two attached hydrogens (primary N) is 2. The third kappa shape index (κ3) is 9.08. The Morgan fingerprint density at radius 1 is 0.891 bits per heavy atom. The maximum atomic E-state index is 15.1. The second-order valence-electron chi connectivity index (χ2n) is 10.8. The number of carbonyl (C=O) groups is 3. The molecule has 1 amide bonds. The number of benzene rings is 3. The van der Waals surface area contributed by atoms with Crippen molar-refractivity contribution in [2.24, 2.45) is 5.73 Å². The van der Waals surface area contributed by atoms with Crippen molar-refractivity contribution in [3.05, 3.63) is 96.1 Å². The van der Waals surface area contributed by atoms with E-state index in [-0.39, 0.29) is 10.6 Å². The molecule has 14 heteroatoms. The highest BCUT2D eigenvalue weighted by Crippen LogP contribution is 2.33. The summed E-state index contributed by atoms with van der Waals surface area (Å²) in [6.07, 6.45) is -3.24. The van der Waals surface area contributed by atoms with Crippen molar-refractivity contribution in [2.75, 3.05) is 19.4 Å². The van der Waals surface area contributed by atoms with E-state index in [0.29, 0.717) is 15.4 Å². The number of methoxy groups -OCH3 is 1. The summed E-state index contributed by atoms with van der Waals surface area (Å²) in [5.74, 6) is -7.44. The molecule has 5 N–H and O–H groups in total. The maximum Gasteiger partial charge on any atom is 0.407 e. The van der Waals surface area contributed by atoms with Crippen LogP contribution in [-0.4, -0.2) is 68.5 Å². The molecule has 0 aliphatic carbocycles. The molecule has 248 valence electrons. The lowest BCUT2D eigenvalue weighted by molar-refractivity contribution is -0.166. The van der Waals surface area contributed by atoms with Crippen molar-refractivity contribution in [1.82, 2.24) is 9.62 Å². The highest BCUT2D eigenvalue weighted by molar-refractivity contribution is 7.89. The van der Waals surface area contributed by atoms with Crippen LogP contribution in [0.1, 0.15) is 43.7 Å². The van der Waals surface area contributed by atoms with E-state index < -0.39 is 77.4 Å². The van der Waals surface area contributed by atoms with E-state index in [1.807, 2.05) is 0 Å². The van der Waals surface area contributed by atoms with Crippen molar-refractivity contribution in [1.29, 1.82) is 0 Å². The summed E-state index contributed by atoms with van der Waals surface area (Å²) in [7, 11) is -3.55. The lowest BCUT2D eigenvalue weighted by atomic mass is 9.85. The van der Waals surface area contributed by atoms with E-state index in [1.165, 1.54) is 38.1 Å². The van der Waals surface area contributed by atoms with Crippen LogP contribution in [0.3, 0.4) is 0 Å². The second kappa shape index (κ2) is 15.7. The molecule has 2 atom stereocenters. The molecule has 0 aromatic heterocycles. The van der Waals surface area contributed by atoms with Crippen LogP contribution in [0.15, 0.2) is 89.8 Å². The number of alkyl carbamates (subject to hydrolysis) is 1. The number of nitrogen functional groups attached to an aromatic ring is 1. The van der Waals surface area contributed by atoms with Crippen LogP contribution < -0.4 is 16.8 Å². The Labute approximate surface area is 266 Å². The first-order valence-corrected chi connectivity index (χ1v) is 15.8. The van der Waals surface area contributed by atoms with Crippen LogP contribution >= 0.6 is 0 Å². The monoisotopic (exact) mass is 660 g/mol. The van der Waals surface area contributed by atoms with Gasteiger partial charge in [-0.1, -0.05) is 60.7 Å². The zero-order chi connectivity index (χ0) is 34.1. The molecule has 0 bridgehead atoms. The summed E-state index contributed by atoms with van der Waals surface area (Å²) in [5, 5.41) is 2.39. The van der Waals surface area contributed by atoms with E-state index in [0.717, 1.165) is 7.11 Å². The summed E-state index contributed by atoms with van der Waals surface area (Å²) < 4.78 is 68.3. The Balaban J connectivity index is 2.11. The van der Waals surface area contributed by atoms with E-state index in [9.17, 15) is 22.8 Å². The molecule has 3 aromatic carbocycles. The number of alkyl halides is 2. The first-order valence-electron chi connectivity index (χ1n) is 14.4. The fraction of sp³-hybridized carbons (Fsp3) is 0.344. The molecule has 0 aliphatic heterocycles. The first kappa shape index (κ1) is 36.1. The molecule has 0 saturated heterocycles. The number of ether oxygens (including phenoxy) is 2. The third-order valence-electron chi connectivity index (χ3n) is 7.11. The molecule has 0 spiro atoms. The van der Waals surface area contributed by atoms with E-state index in [1.54, 1.807) is 60.7 Å². The quantitative estimate of drug-likeness (QED) is 0.131. The number of hydrogen-bond donors (Lipinski definition) is 3. The summed E-state index contributed by atoms with van der Waals surface area (Å²) in [4.78, 5) is 39.8. The number of hydrogen-bond acceptors (Lipinski definition) is 9. The van der Waals surface area contributed by atoms with Crippen molar-refractivity contribution < 1.29 is 41.1 Å². The SMILES string of the molecule is COC(=O)N[C@H](C(=O)OC(=O)[C@H](CC(F)(F)CCN)N(C(C)C)S(=O)(=O)c1ccc(N)cc1)C(c1ccccc1)c1ccccc1. The Morgan fingerprint density at radius 2 is 1.41 bits per heavy atom. The number of rotatable bonds is 14. The van der Waals surface area contributed by atoms with Crippen LogP contribution in [0.4, 0.5) is 19.3 Å². The van der Waals surface area contributed by atoms with Crippen molar-refractivity contribution in [3.8, 4) is 0 Å². The van der Waals surface area contributed by atoms with Gasteiger partial charge in [-0.05, 0) is 55.8 Å². The zero-order valence-electron chi connectivity index (χ0n) is 25.6.